The molecule has 1 N–H and O–H groups in total. The van der Waals surface area contributed by atoms with Gasteiger partial charge in [-0.25, -0.2) is 0 Å². The quantitative estimate of drug-likeness (QED) is 0.647. The van der Waals surface area contributed by atoms with Gasteiger partial charge in [0.2, 0.25) is 0 Å². The summed E-state index contributed by atoms with van der Waals surface area (Å²) in [6.07, 6.45) is 4.96. The lowest BCUT2D eigenvalue weighted by molar-refractivity contribution is 0.0808. The van der Waals surface area contributed by atoms with Crippen molar-refractivity contribution >= 4 is 0 Å². The largest absolute Gasteiger partial charge is 0.378 e. The Morgan fingerprint density at radius 2 is 2.42 bits per heavy atom. The second kappa shape index (κ2) is 5.33. The molecule has 2 heteroatoms. The summed E-state index contributed by atoms with van der Waals surface area (Å²) in [5, 5.41) is 3.30. The number of hydrogen-bond acceptors (Lipinski definition) is 2. The van der Waals surface area contributed by atoms with Gasteiger partial charge in [0.15, 0.2) is 0 Å². The molecular weight excluding hydrogens is 150 g/mol. The fraction of sp³-hybridized carbons (Fsp3) is 0.800. The highest BCUT2D eigenvalue weighted by Crippen LogP contribution is 2.09. The van der Waals surface area contributed by atoms with Crippen LogP contribution in [0.5, 0.6) is 0 Å². The molecule has 0 bridgehead atoms. The zero-order chi connectivity index (χ0) is 8.81. The molecule has 0 unspecified atom stereocenters. The van der Waals surface area contributed by atoms with Crippen LogP contribution in [0, 0.1) is 0 Å². The van der Waals surface area contributed by atoms with Crippen molar-refractivity contribution in [3.8, 4) is 0 Å². The lowest BCUT2D eigenvalue weighted by Crippen LogP contribution is -2.21. The lowest BCUT2D eigenvalue weighted by Gasteiger charge is -2.14. The summed E-state index contributed by atoms with van der Waals surface area (Å²) in [5.74, 6) is 0. The van der Waals surface area contributed by atoms with Crippen LogP contribution < -0.4 is 5.32 Å². The molecule has 1 heterocycles. The van der Waals surface area contributed by atoms with Gasteiger partial charge < -0.3 is 10.1 Å². The molecule has 1 aliphatic rings. The average Bonchev–Trinajstić information content (AvgIpc) is 2.05. The molecule has 0 spiro atoms. The van der Waals surface area contributed by atoms with Crippen molar-refractivity contribution in [2.24, 2.45) is 0 Å². The number of nitrogens with one attached hydrogen (secondary N) is 1. The molecule has 2 nitrogen and oxygen atoms in total. The first-order valence-electron chi connectivity index (χ1n) is 4.79. The SMILES string of the molecule is CC(C)OCCC1=CCNCC1. The third kappa shape index (κ3) is 3.88. The highest BCUT2D eigenvalue weighted by molar-refractivity contribution is 5.06. The van der Waals surface area contributed by atoms with Crippen LogP contribution in [0.1, 0.15) is 26.7 Å². The van der Waals surface area contributed by atoms with Crippen molar-refractivity contribution in [2.75, 3.05) is 19.7 Å². The summed E-state index contributed by atoms with van der Waals surface area (Å²) in [5.41, 5.74) is 1.55. The van der Waals surface area contributed by atoms with Crippen molar-refractivity contribution in [1.29, 1.82) is 0 Å². The smallest absolute Gasteiger partial charge is 0.0519 e. The molecule has 0 saturated heterocycles. The van der Waals surface area contributed by atoms with E-state index in [-0.39, 0.29) is 0 Å². The second-order valence-corrected chi connectivity index (χ2v) is 3.49. The Morgan fingerprint density at radius 1 is 1.58 bits per heavy atom. The lowest BCUT2D eigenvalue weighted by atomic mass is 10.1. The molecule has 12 heavy (non-hydrogen) atoms. The van der Waals surface area contributed by atoms with Crippen LogP contribution in [0.4, 0.5) is 0 Å². The Bertz CT molecular complexity index is 152. The third-order valence-corrected chi connectivity index (χ3v) is 2.03. The van der Waals surface area contributed by atoms with Crippen LogP contribution in [0.2, 0.25) is 0 Å². The van der Waals surface area contributed by atoms with Gasteiger partial charge in [-0.1, -0.05) is 11.6 Å². The van der Waals surface area contributed by atoms with Gasteiger partial charge in [-0.2, -0.15) is 0 Å². The molecule has 0 aromatic carbocycles. The highest BCUT2D eigenvalue weighted by atomic mass is 16.5. The van der Waals surface area contributed by atoms with Crippen LogP contribution in [0.3, 0.4) is 0 Å². The molecule has 1 aliphatic heterocycles. The molecule has 70 valence electrons. The van der Waals surface area contributed by atoms with Gasteiger partial charge in [0.25, 0.3) is 0 Å². The van der Waals surface area contributed by atoms with Gasteiger partial charge in [0.05, 0.1) is 12.7 Å². The minimum absolute atomic E-state index is 0.368. The van der Waals surface area contributed by atoms with Crippen LogP contribution in [0.25, 0.3) is 0 Å². The van der Waals surface area contributed by atoms with Crippen molar-refractivity contribution in [1.82, 2.24) is 5.32 Å². The molecule has 0 atom stereocenters. The predicted molar refractivity (Wildman–Crippen MR) is 51.3 cm³/mol. The summed E-state index contributed by atoms with van der Waals surface area (Å²) < 4.78 is 5.48. The summed E-state index contributed by atoms with van der Waals surface area (Å²) in [6.45, 7) is 7.21. The maximum Gasteiger partial charge on any atom is 0.0519 e. The molecule has 0 aliphatic carbocycles. The number of hydrogen-bond donors (Lipinski definition) is 1. The van der Waals surface area contributed by atoms with E-state index in [0.717, 1.165) is 26.1 Å². The first-order chi connectivity index (χ1) is 5.79. The molecule has 1 rings (SSSR count). The van der Waals surface area contributed by atoms with E-state index in [2.05, 4.69) is 25.2 Å². The minimum Gasteiger partial charge on any atom is -0.378 e. The third-order valence-electron chi connectivity index (χ3n) is 2.03. The molecular formula is C10H19NO. The standard InChI is InChI=1S/C10H19NO/c1-9(2)12-8-5-10-3-6-11-7-4-10/h3,9,11H,4-8H2,1-2H3. The summed E-state index contributed by atoms with van der Waals surface area (Å²) >= 11 is 0. The van der Waals surface area contributed by atoms with Gasteiger partial charge in [-0.05, 0) is 33.2 Å². The van der Waals surface area contributed by atoms with Crippen molar-refractivity contribution in [2.45, 2.75) is 32.8 Å². The fourth-order valence-corrected chi connectivity index (χ4v) is 1.32. The summed E-state index contributed by atoms with van der Waals surface area (Å²) in [6, 6.07) is 0. The van der Waals surface area contributed by atoms with E-state index in [0.29, 0.717) is 6.10 Å². The second-order valence-electron chi connectivity index (χ2n) is 3.49. The normalized spacial score (nSPS) is 18.1. The maximum atomic E-state index is 5.48. The van der Waals surface area contributed by atoms with E-state index in [4.69, 9.17) is 4.74 Å². The topological polar surface area (TPSA) is 21.3 Å². The zero-order valence-corrected chi connectivity index (χ0v) is 8.10. The Morgan fingerprint density at radius 3 is 3.00 bits per heavy atom. The Balaban J connectivity index is 2.09. The zero-order valence-electron chi connectivity index (χ0n) is 8.10. The Hall–Kier alpha value is -0.340. The molecule has 0 fully saturated rings. The molecule has 0 radical (unpaired) electrons. The van der Waals surface area contributed by atoms with Gasteiger partial charge in [0.1, 0.15) is 0 Å². The average molecular weight is 169 g/mol. The van der Waals surface area contributed by atoms with Crippen molar-refractivity contribution in [3.63, 3.8) is 0 Å². The van der Waals surface area contributed by atoms with E-state index in [1.165, 1.54) is 6.42 Å². The number of ether oxygens (including phenoxy) is 1. The first-order valence-corrected chi connectivity index (χ1v) is 4.79. The Labute approximate surface area is 75.0 Å². The van der Waals surface area contributed by atoms with Gasteiger partial charge >= 0.3 is 0 Å². The monoisotopic (exact) mass is 169 g/mol. The first kappa shape index (κ1) is 9.75. The minimum atomic E-state index is 0.368. The fourth-order valence-electron chi connectivity index (χ4n) is 1.32. The van der Waals surface area contributed by atoms with Crippen molar-refractivity contribution in [3.05, 3.63) is 11.6 Å². The van der Waals surface area contributed by atoms with E-state index in [1.54, 1.807) is 5.57 Å². The van der Waals surface area contributed by atoms with Crippen molar-refractivity contribution < 1.29 is 4.74 Å². The Kier molecular flexibility index (Phi) is 4.33. The van der Waals surface area contributed by atoms with Gasteiger partial charge in [-0.3, -0.25) is 0 Å². The van der Waals surface area contributed by atoms with Crippen LogP contribution in [0.15, 0.2) is 11.6 Å². The van der Waals surface area contributed by atoms with Crippen LogP contribution in [-0.4, -0.2) is 25.8 Å². The number of rotatable bonds is 4. The molecule has 0 amide bonds. The molecule has 0 saturated carbocycles. The van der Waals surface area contributed by atoms with E-state index < -0.39 is 0 Å². The van der Waals surface area contributed by atoms with Crippen LogP contribution >= 0.6 is 0 Å². The summed E-state index contributed by atoms with van der Waals surface area (Å²) in [7, 11) is 0. The van der Waals surface area contributed by atoms with E-state index in [9.17, 15) is 0 Å². The van der Waals surface area contributed by atoms with E-state index >= 15 is 0 Å². The maximum absolute atomic E-state index is 5.48. The highest BCUT2D eigenvalue weighted by Gasteiger charge is 2.02. The van der Waals surface area contributed by atoms with Gasteiger partial charge in [0, 0.05) is 6.54 Å². The van der Waals surface area contributed by atoms with Gasteiger partial charge in [-0.15, -0.1) is 0 Å². The molecule has 0 aromatic heterocycles. The molecule has 0 aromatic rings. The van der Waals surface area contributed by atoms with E-state index in [1.807, 2.05) is 0 Å². The summed E-state index contributed by atoms with van der Waals surface area (Å²) in [4.78, 5) is 0. The predicted octanol–water partition coefficient (Wildman–Crippen LogP) is 1.72. The van der Waals surface area contributed by atoms with Crippen LogP contribution in [-0.2, 0) is 4.74 Å².